The number of esters is 1. The molecule has 1 aliphatic rings. The van der Waals surface area contributed by atoms with Gasteiger partial charge < -0.3 is 14.2 Å². The summed E-state index contributed by atoms with van der Waals surface area (Å²) < 4.78 is 16.7. The van der Waals surface area contributed by atoms with Gasteiger partial charge in [-0.1, -0.05) is 36.7 Å². The first-order valence-electron chi connectivity index (χ1n) is 6.43. The summed E-state index contributed by atoms with van der Waals surface area (Å²) >= 11 is 3.34. The Balaban J connectivity index is 2.58. The van der Waals surface area contributed by atoms with Gasteiger partial charge in [0.15, 0.2) is 6.29 Å². The molecule has 0 aliphatic carbocycles. The van der Waals surface area contributed by atoms with E-state index in [1.165, 1.54) is 6.92 Å². The van der Waals surface area contributed by atoms with Crippen LogP contribution in [0.3, 0.4) is 0 Å². The number of carbonyl (C=O) groups excluding carboxylic acids is 1. The minimum Gasteiger partial charge on any atom is -0.463 e. The quantitative estimate of drug-likeness (QED) is 0.576. The molecule has 5 atom stereocenters. The van der Waals surface area contributed by atoms with Crippen LogP contribution in [-0.2, 0) is 19.0 Å². The highest BCUT2D eigenvalue weighted by Crippen LogP contribution is 2.35. The minimum atomic E-state index is -0.269. The summed E-state index contributed by atoms with van der Waals surface area (Å²) in [6.45, 7) is 8.82. The molecule has 1 aliphatic heterocycles. The molecule has 0 aromatic heterocycles. The minimum absolute atomic E-state index is 0.0829. The Bertz CT molecular complexity index is 272. The summed E-state index contributed by atoms with van der Waals surface area (Å²) in [6.07, 6.45) is -0.297. The van der Waals surface area contributed by atoms with Crippen molar-refractivity contribution in [3.05, 3.63) is 0 Å². The molecule has 1 rings (SSSR count). The molecular formula is C13H23BrO4. The van der Waals surface area contributed by atoms with E-state index in [1.807, 2.05) is 0 Å². The normalized spacial score (nSPS) is 36.4. The van der Waals surface area contributed by atoms with Crippen LogP contribution in [0.5, 0.6) is 0 Å². The Morgan fingerprint density at radius 3 is 2.44 bits per heavy atom. The van der Waals surface area contributed by atoms with Gasteiger partial charge in [-0.05, 0) is 11.8 Å². The predicted molar refractivity (Wildman–Crippen MR) is 72.5 cm³/mol. The Hall–Kier alpha value is -0.130. The van der Waals surface area contributed by atoms with Gasteiger partial charge in [0.05, 0.1) is 12.7 Å². The lowest BCUT2D eigenvalue weighted by atomic mass is 9.79. The molecular weight excluding hydrogens is 300 g/mol. The van der Waals surface area contributed by atoms with Crippen molar-refractivity contribution in [1.29, 1.82) is 0 Å². The molecule has 1 heterocycles. The summed E-state index contributed by atoms with van der Waals surface area (Å²) in [7, 11) is 0. The zero-order valence-corrected chi connectivity index (χ0v) is 13.1. The number of alkyl halides is 1. The average Bonchev–Trinajstić information content (AvgIpc) is 2.34. The van der Waals surface area contributed by atoms with E-state index >= 15 is 0 Å². The maximum absolute atomic E-state index is 10.9. The molecule has 0 N–H and O–H groups in total. The van der Waals surface area contributed by atoms with Gasteiger partial charge in [0.1, 0.15) is 6.61 Å². The second-order valence-electron chi connectivity index (χ2n) is 4.98. The van der Waals surface area contributed by atoms with Crippen molar-refractivity contribution >= 4 is 21.9 Å². The first kappa shape index (κ1) is 15.9. The fourth-order valence-electron chi connectivity index (χ4n) is 2.23. The van der Waals surface area contributed by atoms with Crippen molar-refractivity contribution in [3.63, 3.8) is 0 Å². The summed E-state index contributed by atoms with van der Waals surface area (Å²) in [5.74, 6) is 0.894. The SMILES string of the molecule is CC(=O)OCC1O[C@@H](OCCBr)C(C)[C@@H](C)[C@H]1C. The fraction of sp³-hybridized carbons (Fsp3) is 0.923. The van der Waals surface area contributed by atoms with Crippen LogP contribution in [0.1, 0.15) is 27.7 Å². The van der Waals surface area contributed by atoms with E-state index < -0.39 is 0 Å². The number of halogens is 1. The summed E-state index contributed by atoms with van der Waals surface area (Å²) in [5, 5.41) is 0.790. The molecule has 106 valence electrons. The maximum Gasteiger partial charge on any atom is 0.302 e. The fourth-order valence-corrected chi connectivity index (χ4v) is 2.41. The first-order valence-corrected chi connectivity index (χ1v) is 7.56. The lowest BCUT2D eigenvalue weighted by Gasteiger charge is -2.43. The largest absolute Gasteiger partial charge is 0.463 e. The Kier molecular flexibility index (Phi) is 6.60. The highest BCUT2D eigenvalue weighted by Gasteiger charge is 2.39. The molecule has 0 amide bonds. The molecule has 0 aromatic carbocycles. The topological polar surface area (TPSA) is 44.8 Å². The Labute approximate surface area is 117 Å². The number of ether oxygens (including phenoxy) is 3. The van der Waals surface area contributed by atoms with E-state index in [4.69, 9.17) is 14.2 Å². The van der Waals surface area contributed by atoms with Crippen LogP contribution in [-0.4, -0.2) is 36.9 Å². The van der Waals surface area contributed by atoms with Crippen LogP contribution < -0.4 is 0 Å². The Morgan fingerprint density at radius 2 is 1.89 bits per heavy atom. The third kappa shape index (κ3) is 4.21. The monoisotopic (exact) mass is 322 g/mol. The van der Waals surface area contributed by atoms with Gasteiger partial charge >= 0.3 is 5.97 Å². The van der Waals surface area contributed by atoms with Crippen LogP contribution in [0, 0.1) is 17.8 Å². The lowest BCUT2D eigenvalue weighted by Crippen LogP contribution is -2.48. The van der Waals surface area contributed by atoms with Crippen LogP contribution in [0.4, 0.5) is 0 Å². The van der Waals surface area contributed by atoms with Gasteiger partial charge in [0.2, 0.25) is 0 Å². The molecule has 4 nitrogen and oxygen atoms in total. The number of hydrogen-bond donors (Lipinski definition) is 0. The van der Waals surface area contributed by atoms with Gasteiger partial charge in [0, 0.05) is 18.2 Å². The van der Waals surface area contributed by atoms with Crippen molar-refractivity contribution in [2.75, 3.05) is 18.5 Å². The molecule has 0 aromatic rings. The molecule has 0 radical (unpaired) electrons. The molecule has 1 saturated heterocycles. The summed E-state index contributed by atoms with van der Waals surface area (Å²) in [6, 6.07) is 0. The molecule has 2 unspecified atom stereocenters. The van der Waals surface area contributed by atoms with E-state index in [9.17, 15) is 4.79 Å². The summed E-state index contributed by atoms with van der Waals surface area (Å²) in [5.41, 5.74) is 0. The molecule has 0 bridgehead atoms. The number of rotatable bonds is 5. The molecule has 18 heavy (non-hydrogen) atoms. The molecule has 0 saturated carbocycles. The van der Waals surface area contributed by atoms with E-state index in [0.29, 0.717) is 31.0 Å². The van der Waals surface area contributed by atoms with Crippen LogP contribution in [0.2, 0.25) is 0 Å². The highest BCUT2D eigenvalue weighted by molar-refractivity contribution is 9.09. The second kappa shape index (κ2) is 7.46. The smallest absolute Gasteiger partial charge is 0.302 e. The molecule has 1 fully saturated rings. The number of carbonyl (C=O) groups is 1. The zero-order chi connectivity index (χ0) is 13.7. The maximum atomic E-state index is 10.9. The molecule has 0 spiro atoms. The zero-order valence-electron chi connectivity index (χ0n) is 11.5. The van der Waals surface area contributed by atoms with Crippen molar-refractivity contribution in [2.24, 2.45) is 17.8 Å². The van der Waals surface area contributed by atoms with Gasteiger partial charge in [-0.2, -0.15) is 0 Å². The van der Waals surface area contributed by atoms with Crippen molar-refractivity contribution in [2.45, 2.75) is 40.1 Å². The highest BCUT2D eigenvalue weighted by atomic mass is 79.9. The van der Waals surface area contributed by atoms with Gasteiger partial charge in [-0.15, -0.1) is 0 Å². The van der Waals surface area contributed by atoms with Gasteiger partial charge in [0.25, 0.3) is 0 Å². The van der Waals surface area contributed by atoms with E-state index in [0.717, 1.165) is 5.33 Å². The predicted octanol–water partition coefficient (Wildman–Crippen LogP) is 2.59. The van der Waals surface area contributed by atoms with E-state index in [-0.39, 0.29) is 18.4 Å². The van der Waals surface area contributed by atoms with Gasteiger partial charge in [-0.3, -0.25) is 4.79 Å². The summed E-state index contributed by atoms with van der Waals surface area (Å²) in [4.78, 5) is 10.9. The lowest BCUT2D eigenvalue weighted by molar-refractivity contribution is -0.253. The standard InChI is InChI=1S/C13H23BrO4/c1-8-9(2)12(7-17-11(4)15)18-13(10(8)3)16-6-5-14/h8-10,12-13H,5-7H2,1-4H3/t8-,9+,10?,12?,13+/m0/s1. The number of hydrogen-bond acceptors (Lipinski definition) is 4. The third-order valence-corrected chi connectivity index (χ3v) is 4.12. The second-order valence-corrected chi connectivity index (χ2v) is 5.78. The van der Waals surface area contributed by atoms with E-state index in [1.54, 1.807) is 0 Å². The average molecular weight is 323 g/mol. The van der Waals surface area contributed by atoms with Crippen molar-refractivity contribution in [3.8, 4) is 0 Å². The Morgan fingerprint density at radius 1 is 1.22 bits per heavy atom. The van der Waals surface area contributed by atoms with Crippen molar-refractivity contribution < 1.29 is 19.0 Å². The first-order chi connectivity index (χ1) is 8.47. The van der Waals surface area contributed by atoms with Crippen LogP contribution >= 0.6 is 15.9 Å². The van der Waals surface area contributed by atoms with Gasteiger partial charge in [-0.25, -0.2) is 0 Å². The van der Waals surface area contributed by atoms with Crippen molar-refractivity contribution in [1.82, 2.24) is 0 Å². The van der Waals surface area contributed by atoms with Crippen LogP contribution in [0.15, 0.2) is 0 Å². The van der Waals surface area contributed by atoms with E-state index in [2.05, 4.69) is 36.7 Å². The third-order valence-electron chi connectivity index (χ3n) is 3.79. The van der Waals surface area contributed by atoms with Crippen LogP contribution in [0.25, 0.3) is 0 Å². The molecule has 5 heteroatoms.